The molecule has 0 aliphatic rings. The third-order valence-electron chi connectivity index (χ3n) is 2.77. The van der Waals surface area contributed by atoms with Crippen LogP contribution in [-0.4, -0.2) is 45.3 Å². The van der Waals surface area contributed by atoms with Crippen LogP contribution in [0, 0.1) is 10.1 Å². The topological polar surface area (TPSA) is 117 Å². The smallest absolute Gasteiger partial charge is 0.342 e. The molecular formula is C12H17N3O5. The number of carboxylic acid groups (broad SMARTS) is 1. The van der Waals surface area contributed by atoms with Crippen molar-refractivity contribution in [3.8, 4) is 0 Å². The molecule has 0 unspecified atom stereocenters. The van der Waals surface area contributed by atoms with Crippen molar-refractivity contribution in [3.05, 3.63) is 27.9 Å². The first-order valence-corrected chi connectivity index (χ1v) is 6.13. The van der Waals surface area contributed by atoms with Crippen molar-refractivity contribution in [2.24, 2.45) is 0 Å². The van der Waals surface area contributed by atoms with Crippen LogP contribution < -0.4 is 4.90 Å². The minimum absolute atomic E-state index is 0.00197. The molecule has 1 heterocycles. The number of aromatic nitrogens is 1. The first kappa shape index (κ1) is 15.8. The van der Waals surface area contributed by atoms with Gasteiger partial charge in [0, 0.05) is 25.3 Å². The molecule has 1 rings (SSSR count). The summed E-state index contributed by atoms with van der Waals surface area (Å²) in [7, 11) is 0. The Morgan fingerprint density at radius 1 is 1.55 bits per heavy atom. The fourth-order valence-electron chi connectivity index (χ4n) is 1.79. The van der Waals surface area contributed by atoms with E-state index < -0.39 is 22.1 Å². The maximum Gasteiger partial charge on any atom is 0.342 e. The lowest BCUT2D eigenvalue weighted by atomic mass is 10.2. The van der Waals surface area contributed by atoms with Gasteiger partial charge in [0.25, 0.3) is 0 Å². The fraction of sp³-hybridized carbons (Fsp3) is 0.500. The van der Waals surface area contributed by atoms with E-state index in [-0.39, 0.29) is 12.6 Å². The number of hydrogen-bond acceptors (Lipinski definition) is 6. The summed E-state index contributed by atoms with van der Waals surface area (Å²) in [5.74, 6) is -1.03. The lowest BCUT2D eigenvalue weighted by Gasteiger charge is -2.27. The molecule has 20 heavy (non-hydrogen) atoms. The predicted molar refractivity (Wildman–Crippen MR) is 72.0 cm³/mol. The second kappa shape index (κ2) is 6.80. The van der Waals surface area contributed by atoms with Gasteiger partial charge in [-0.05, 0) is 20.3 Å². The maximum absolute atomic E-state index is 11.1. The van der Waals surface area contributed by atoms with E-state index in [0.717, 1.165) is 6.20 Å². The molecule has 0 aliphatic carbocycles. The molecule has 0 radical (unpaired) electrons. The van der Waals surface area contributed by atoms with Gasteiger partial charge < -0.3 is 15.1 Å². The average Bonchev–Trinajstić information content (AvgIpc) is 2.38. The Hall–Kier alpha value is -2.22. The number of nitrogens with zero attached hydrogens (tertiary/aromatic N) is 3. The molecule has 0 aliphatic heterocycles. The van der Waals surface area contributed by atoms with Gasteiger partial charge in [0.1, 0.15) is 17.6 Å². The molecular weight excluding hydrogens is 266 g/mol. The van der Waals surface area contributed by atoms with E-state index in [4.69, 9.17) is 10.2 Å². The molecule has 0 atom stereocenters. The van der Waals surface area contributed by atoms with Crippen molar-refractivity contribution in [1.82, 2.24) is 4.98 Å². The molecule has 0 spiro atoms. The minimum atomic E-state index is -1.37. The summed E-state index contributed by atoms with van der Waals surface area (Å²) >= 11 is 0. The molecule has 0 bridgehead atoms. The largest absolute Gasteiger partial charge is 0.477 e. The highest BCUT2D eigenvalue weighted by molar-refractivity contribution is 5.93. The van der Waals surface area contributed by atoms with Crippen molar-refractivity contribution < 1.29 is 19.9 Å². The molecule has 0 aromatic carbocycles. The Balaban J connectivity index is 3.20. The fourth-order valence-corrected chi connectivity index (χ4v) is 1.79. The number of aromatic carboxylic acids is 1. The van der Waals surface area contributed by atoms with Crippen molar-refractivity contribution in [1.29, 1.82) is 0 Å². The first-order chi connectivity index (χ1) is 9.38. The third-order valence-corrected chi connectivity index (χ3v) is 2.77. The molecule has 0 amide bonds. The van der Waals surface area contributed by atoms with Crippen molar-refractivity contribution in [2.75, 3.05) is 18.1 Å². The number of rotatable bonds is 7. The number of nitro groups is 1. The van der Waals surface area contributed by atoms with Crippen LogP contribution in [0.3, 0.4) is 0 Å². The minimum Gasteiger partial charge on any atom is -0.477 e. The van der Waals surface area contributed by atoms with Gasteiger partial charge in [-0.2, -0.15) is 0 Å². The highest BCUT2D eigenvalue weighted by atomic mass is 16.6. The quantitative estimate of drug-likeness (QED) is 0.571. The van der Waals surface area contributed by atoms with Crippen LogP contribution in [-0.2, 0) is 0 Å². The maximum atomic E-state index is 11.1. The summed E-state index contributed by atoms with van der Waals surface area (Å²) < 4.78 is 0. The number of aliphatic hydroxyl groups excluding tert-OH is 1. The molecule has 1 aromatic heterocycles. The molecule has 1 aromatic rings. The summed E-state index contributed by atoms with van der Waals surface area (Å²) in [4.78, 5) is 26.8. The van der Waals surface area contributed by atoms with Gasteiger partial charge in [0.2, 0.25) is 0 Å². The van der Waals surface area contributed by atoms with Gasteiger partial charge in [0.05, 0.1) is 4.92 Å². The molecule has 0 saturated carbocycles. The van der Waals surface area contributed by atoms with E-state index in [1.165, 1.54) is 6.07 Å². The van der Waals surface area contributed by atoms with Gasteiger partial charge in [-0.15, -0.1) is 0 Å². The highest BCUT2D eigenvalue weighted by Crippen LogP contribution is 2.23. The summed E-state index contributed by atoms with van der Waals surface area (Å²) in [5.41, 5.74) is -0.929. The zero-order chi connectivity index (χ0) is 15.3. The number of pyridine rings is 1. The van der Waals surface area contributed by atoms with Crippen LogP contribution >= 0.6 is 0 Å². The van der Waals surface area contributed by atoms with Crippen LogP contribution in [0.2, 0.25) is 0 Å². The van der Waals surface area contributed by atoms with Crippen LogP contribution in [0.15, 0.2) is 12.3 Å². The van der Waals surface area contributed by atoms with Gasteiger partial charge >= 0.3 is 11.7 Å². The molecule has 8 heteroatoms. The Morgan fingerprint density at radius 2 is 2.20 bits per heavy atom. The van der Waals surface area contributed by atoms with Gasteiger partial charge in [-0.25, -0.2) is 9.78 Å². The number of anilines is 1. The van der Waals surface area contributed by atoms with E-state index in [1.807, 2.05) is 13.8 Å². The molecule has 0 saturated heterocycles. The van der Waals surface area contributed by atoms with Crippen LogP contribution in [0.25, 0.3) is 0 Å². The van der Waals surface area contributed by atoms with Crippen molar-refractivity contribution in [3.63, 3.8) is 0 Å². The number of carboxylic acids is 1. The zero-order valence-electron chi connectivity index (χ0n) is 11.3. The standard InChI is InChI=1S/C12H17N3O5/c1-8(2)14(4-3-5-16)11-6-9(12(17)18)10(7-13-11)15(19)20/h6-8,16H,3-5H2,1-2H3,(H,17,18). The second-order valence-electron chi connectivity index (χ2n) is 4.49. The van der Waals surface area contributed by atoms with E-state index in [2.05, 4.69) is 4.98 Å². The average molecular weight is 283 g/mol. The summed E-state index contributed by atoms with van der Waals surface area (Å²) in [6, 6.07) is 1.22. The zero-order valence-corrected chi connectivity index (χ0v) is 11.3. The van der Waals surface area contributed by atoms with Crippen LogP contribution in [0.5, 0.6) is 0 Å². The predicted octanol–water partition coefficient (Wildman–Crippen LogP) is 1.29. The monoisotopic (exact) mass is 283 g/mol. The van der Waals surface area contributed by atoms with E-state index >= 15 is 0 Å². The van der Waals surface area contributed by atoms with Crippen LogP contribution in [0.4, 0.5) is 11.5 Å². The molecule has 2 N–H and O–H groups in total. The molecule has 8 nitrogen and oxygen atoms in total. The number of carbonyl (C=O) groups is 1. The SMILES string of the molecule is CC(C)N(CCCO)c1cc(C(=O)O)c([N+](=O)[O-])cn1. The summed E-state index contributed by atoms with van der Waals surface area (Å²) in [6.45, 7) is 4.27. The molecule has 0 fully saturated rings. The summed E-state index contributed by atoms with van der Waals surface area (Å²) in [5, 5.41) is 28.7. The molecule has 110 valence electrons. The van der Waals surface area contributed by atoms with Crippen LogP contribution in [0.1, 0.15) is 30.6 Å². The second-order valence-corrected chi connectivity index (χ2v) is 4.49. The van der Waals surface area contributed by atoms with Gasteiger partial charge in [0.15, 0.2) is 0 Å². The van der Waals surface area contributed by atoms with E-state index in [1.54, 1.807) is 4.90 Å². The lowest BCUT2D eigenvalue weighted by molar-refractivity contribution is -0.385. The van der Waals surface area contributed by atoms with Crippen molar-refractivity contribution >= 4 is 17.5 Å². The van der Waals surface area contributed by atoms with Gasteiger partial charge in [-0.1, -0.05) is 0 Å². The number of aliphatic hydroxyl groups is 1. The Kier molecular flexibility index (Phi) is 5.39. The van der Waals surface area contributed by atoms with E-state index in [9.17, 15) is 14.9 Å². The Morgan fingerprint density at radius 3 is 2.65 bits per heavy atom. The lowest BCUT2D eigenvalue weighted by Crippen LogP contribution is -2.33. The Labute approximate surface area is 115 Å². The normalized spacial score (nSPS) is 10.6. The number of hydrogen-bond donors (Lipinski definition) is 2. The van der Waals surface area contributed by atoms with Crippen molar-refractivity contribution in [2.45, 2.75) is 26.3 Å². The van der Waals surface area contributed by atoms with E-state index in [0.29, 0.717) is 18.8 Å². The third kappa shape index (κ3) is 3.64. The highest BCUT2D eigenvalue weighted by Gasteiger charge is 2.23. The first-order valence-electron chi connectivity index (χ1n) is 6.13. The summed E-state index contributed by atoms with van der Waals surface area (Å²) in [6.07, 6.45) is 1.45. The Bertz CT molecular complexity index is 504. The van der Waals surface area contributed by atoms with Gasteiger partial charge in [-0.3, -0.25) is 10.1 Å².